The Balaban J connectivity index is 1.96. The van der Waals surface area contributed by atoms with Gasteiger partial charge in [-0.3, -0.25) is 14.9 Å². The Labute approximate surface area is 134 Å². The van der Waals surface area contributed by atoms with E-state index in [9.17, 15) is 14.9 Å². The third-order valence-electron chi connectivity index (χ3n) is 4.42. The Bertz CT molecular complexity index is 665. The van der Waals surface area contributed by atoms with Gasteiger partial charge in [0.1, 0.15) is 5.69 Å². The highest BCUT2D eigenvalue weighted by Crippen LogP contribution is 2.32. The zero-order chi connectivity index (χ0) is 16.4. The average molecular weight is 316 g/mol. The first-order valence-corrected chi connectivity index (χ1v) is 7.96. The second-order valence-electron chi connectivity index (χ2n) is 6.15. The molecule has 1 saturated heterocycles. The van der Waals surface area contributed by atoms with Crippen LogP contribution in [0, 0.1) is 16.0 Å². The maximum absolute atomic E-state index is 11.5. The molecule has 122 valence electrons. The summed E-state index contributed by atoms with van der Waals surface area (Å²) in [6.07, 6.45) is 3.65. The number of nitrogens with zero attached hydrogens (tertiary/aromatic N) is 3. The molecule has 1 atom stereocenters. The summed E-state index contributed by atoms with van der Waals surface area (Å²) in [6.45, 7) is 3.61. The third-order valence-corrected chi connectivity index (χ3v) is 4.42. The Hall–Kier alpha value is -2.44. The number of hydrogen-bond donors (Lipinski definition) is 1. The minimum Gasteiger partial charge on any atom is -0.366 e. The Morgan fingerprint density at radius 1 is 1.30 bits per heavy atom. The maximum Gasteiger partial charge on any atom is 0.293 e. The van der Waals surface area contributed by atoms with E-state index in [1.54, 1.807) is 6.07 Å². The molecule has 1 N–H and O–H groups in total. The zero-order valence-corrected chi connectivity index (χ0v) is 13.1. The number of carbonyl (C=O) groups excluding carboxylic acids is 1. The summed E-state index contributed by atoms with van der Waals surface area (Å²) in [5.41, 5.74) is 4.63. The SMILES string of the molecule is C[C@@H]1CC(=O)NN=C1c1ccc(N2CCCCC2)c([N+](=O)[O-])c1. The van der Waals surface area contributed by atoms with Crippen molar-refractivity contribution < 1.29 is 9.72 Å². The van der Waals surface area contributed by atoms with Crippen LogP contribution in [0.15, 0.2) is 23.3 Å². The van der Waals surface area contributed by atoms with E-state index in [4.69, 9.17) is 0 Å². The highest BCUT2D eigenvalue weighted by Gasteiger charge is 2.26. The molecule has 23 heavy (non-hydrogen) atoms. The summed E-state index contributed by atoms with van der Waals surface area (Å²) >= 11 is 0. The lowest BCUT2D eigenvalue weighted by Gasteiger charge is -2.28. The number of piperidine rings is 1. The van der Waals surface area contributed by atoms with Gasteiger partial charge in [-0.25, -0.2) is 5.43 Å². The first-order chi connectivity index (χ1) is 11.1. The summed E-state index contributed by atoms with van der Waals surface area (Å²) < 4.78 is 0. The van der Waals surface area contributed by atoms with Gasteiger partial charge < -0.3 is 4.90 Å². The van der Waals surface area contributed by atoms with Crippen LogP contribution in [0.5, 0.6) is 0 Å². The molecule has 0 aromatic heterocycles. The summed E-state index contributed by atoms with van der Waals surface area (Å²) in [6, 6.07) is 5.25. The zero-order valence-electron chi connectivity index (χ0n) is 13.1. The molecule has 7 nitrogen and oxygen atoms in total. The number of nitrogens with one attached hydrogen (secondary N) is 1. The molecule has 0 unspecified atom stereocenters. The molecular formula is C16H20N4O3. The predicted octanol–water partition coefficient (Wildman–Crippen LogP) is 2.45. The average Bonchev–Trinajstić information content (AvgIpc) is 2.55. The Morgan fingerprint density at radius 2 is 2.04 bits per heavy atom. The molecule has 1 fully saturated rings. The van der Waals surface area contributed by atoms with Crippen LogP contribution in [-0.2, 0) is 4.79 Å². The van der Waals surface area contributed by atoms with Crippen LogP contribution in [0.2, 0.25) is 0 Å². The number of amides is 1. The van der Waals surface area contributed by atoms with E-state index in [1.165, 1.54) is 6.42 Å². The van der Waals surface area contributed by atoms with Gasteiger partial charge in [-0.2, -0.15) is 5.10 Å². The van der Waals surface area contributed by atoms with Crippen LogP contribution < -0.4 is 10.3 Å². The molecule has 0 aliphatic carbocycles. The van der Waals surface area contributed by atoms with Gasteiger partial charge in [0, 0.05) is 37.1 Å². The van der Waals surface area contributed by atoms with Gasteiger partial charge in [-0.15, -0.1) is 0 Å². The standard InChI is InChI=1S/C16H20N4O3/c1-11-9-15(21)17-18-16(11)12-5-6-13(14(10-12)20(22)23)19-7-3-2-4-8-19/h5-6,10-11H,2-4,7-9H2,1H3,(H,17,21)/t11-/m1/s1. The monoisotopic (exact) mass is 316 g/mol. The molecule has 0 saturated carbocycles. The van der Waals surface area contributed by atoms with Crippen molar-refractivity contribution in [2.24, 2.45) is 11.0 Å². The second kappa shape index (κ2) is 6.36. The summed E-state index contributed by atoms with van der Waals surface area (Å²) in [5, 5.41) is 15.6. The molecule has 1 aromatic carbocycles. The Kier molecular flexibility index (Phi) is 4.27. The molecule has 1 aromatic rings. The quantitative estimate of drug-likeness (QED) is 0.685. The number of rotatable bonds is 3. The summed E-state index contributed by atoms with van der Waals surface area (Å²) in [5.74, 6) is -0.176. The predicted molar refractivity (Wildman–Crippen MR) is 87.6 cm³/mol. The van der Waals surface area contributed by atoms with Crippen molar-refractivity contribution in [3.63, 3.8) is 0 Å². The minimum absolute atomic E-state index is 0.0517. The van der Waals surface area contributed by atoms with Gasteiger partial charge in [-0.05, 0) is 25.3 Å². The van der Waals surface area contributed by atoms with Crippen LogP contribution in [0.4, 0.5) is 11.4 Å². The molecule has 2 aliphatic rings. The number of nitro groups is 1. The highest BCUT2D eigenvalue weighted by atomic mass is 16.6. The van der Waals surface area contributed by atoms with Crippen LogP contribution in [-0.4, -0.2) is 29.6 Å². The fourth-order valence-electron chi connectivity index (χ4n) is 3.23. The molecule has 7 heteroatoms. The number of benzene rings is 1. The molecule has 0 bridgehead atoms. The maximum atomic E-state index is 11.5. The van der Waals surface area contributed by atoms with Crippen molar-refractivity contribution in [3.05, 3.63) is 33.9 Å². The van der Waals surface area contributed by atoms with Crippen LogP contribution >= 0.6 is 0 Å². The van der Waals surface area contributed by atoms with E-state index < -0.39 is 0 Å². The lowest BCUT2D eigenvalue weighted by molar-refractivity contribution is -0.384. The number of nitro benzene ring substituents is 1. The largest absolute Gasteiger partial charge is 0.366 e. The van der Waals surface area contributed by atoms with Crippen LogP contribution in [0.1, 0.15) is 38.2 Å². The lowest BCUT2D eigenvalue weighted by atomic mass is 9.93. The molecule has 3 rings (SSSR count). The molecule has 0 radical (unpaired) electrons. The summed E-state index contributed by atoms with van der Waals surface area (Å²) in [4.78, 5) is 24.6. The number of hydrogen-bond acceptors (Lipinski definition) is 5. The smallest absolute Gasteiger partial charge is 0.293 e. The van der Waals surface area contributed by atoms with E-state index in [0.29, 0.717) is 23.4 Å². The fraction of sp³-hybridized carbons (Fsp3) is 0.500. The molecule has 2 aliphatic heterocycles. The summed E-state index contributed by atoms with van der Waals surface area (Å²) in [7, 11) is 0. The number of hydrazone groups is 1. The fourth-order valence-corrected chi connectivity index (χ4v) is 3.23. The van der Waals surface area contributed by atoms with Gasteiger partial charge in [-0.1, -0.05) is 13.0 Å². The highest BCUT2D eigenvalue weighted by molar-refractivity contribution is 6.06. The van der Waals surface area contributed by atoms with E-state index in [0.717, 1.165) is 25.9 Å². The van der Waals surface area contributed by atoms with Crippen LogP contribution in [0.3, 0.4) is 0 Å². The minimum atomic E-state index is -0.333. The van der Waals surface area contributed by atoms with Gasteiger partial charge in [0.2, 0.25) is 5.91 Å². The van der Waals surface area contributed by atoms with Crippen molar-refractivity contribution in [2.45, 2.75) is 32.6 Å². The van der Waals surface area contributed by atoms with Gasteiger partial charge in [0.25, 0.3) is 5.69 Å². The van der Waals surface area contributed by atoms with E-state index in [1.807, 2.05) is 19.1 Å². The van der Waals surface area contributed by atoms with Gasteiger partial charge in [0.15, 0.2) is 0 Å². The van der Waals surface area contributed by atoms with Crippen molar-refractivity contribution in [1.82, 2.24) is 5.43 Å². The van der Waals surface area contributed by atoms with E-state index >= 15 is 0 Å². The normalized spacial score (nSPS) is 21.6. The topological polar surface area (TPSA) is 87.8 Å². The van der Waals surface area contributed by atoms with E-state index in [2.05, 4.69) is 15.4 Å². The van der Waals surface area contributed by atoms with Gasteiger partial charge in [0.05, 0.1) is 10.6 Å². The number of carbonyl (C=O) groups is 1. The Morgan fingerprint density at radius 3 is 2.70 bits per heavy atom. The molecule has 2 heterocycles. The van der Waals surface area contributed by atoms with Crippen molar-refractivity contribution in [3.8, 4) is 0 Å². The number of anilines is 1. The molecular weight excluding hydrogens is 296 g/mol. The van der Waals surface area contributed by atoms with Crippen molar-refractivity contribution in [1.29, 1.82) is 0 Å². The van der Waals surface area contributed by atoms with Crippen LogP contribution in [0.25, 0.3) is 0 Å². The second-order valence-corrected chi connectivity index (χ2v) is 6.15. The first-order valence-electron chi connectivity index (χ1n) is 7.96. The van der Waals surface area contributed by atoms with Crippen molar-refractivity contribution in [2.75, 3.05) is 18.0 Å². The molecule has 1 amide bonds. The lowest BCUT2D eigenvalue weighted by Crippen LogP contribution is -2.32. The van der Waals surface area contributed by atoms with Crippen molar-refractivity contribution >= 4 is 23.0 Å². The van der Waals surface area contributed by atoms with E-state index in [-0.39, 0.29) is 22.4 Å². The van der Waals surface area contributed by atoms with Gasteiger partial charge >= 0.3 is 0 Å². The third kappa shape index (κ3) is 3.18. The molecule has 0 spiro atoms. The first kappa shape index (κ1) is 15.5.